The number of benzene rings is 1. The van der Waals surface area contributed by atoms with Gasteiger partial charge in [0.2, 0.25) is 10.6 Å². The molecule has 2 heterocycles. The summed E-state index contributed by atoms with van der Waals surface area (Å²) in [7, 11) is 0. The van der Waals surface area contributed by atoms with Gasteiger partial charge in [0.25, 0.3) is 0 Å². The third-order valence-corrected chi connectivity index (χ3v) is 5.36. The molecule has 0 amide bonds. The maximum Gasteiger partial charge on any atom is 0.206 e. The van der Waals surface area contributed by atoms with Crippen LogP contribution in [-0.4, -0.2) is 45.3 Å². The van der Waals surface area contributed by atoms with Gasteiger partial charge in [0.1, 0.15) is 0 Å². The van der Waals surface area contributed by atoms with Crippen molar-refractivity contribution in [2.45, 2.75) is 45.1 Å². The van der Waals surface area contributed by atoms with E-state index in [4.69, 9.17) is 4.99 Å². The fourth-order valence-electron chi connectivity index (χ4n) is 2.90. The monoisotopic (exact) mass is 390 g/mol. The van der Waals surface area contributed by atoms with Crippen molar-refractivity contribution in [2.75, 3.05) is 13.1 Å². The quantitative estimate of drug-likeness (QED) is 0.478. The first-order valence-corrected chi connectivity index (χ1v) is 9.89. The molecular weight excluding hydrogens is 364 g/mol. The van der Waals surface area contributed by atoms with Gasteiger partial charge in [-0.15, -0.1) is 11.3 Å². The number of nitrogens with one attached hydrogen (secondary N) is 1. The average Bonchev–Trinajstić information content (AvgIpc) is 3.03. The summed E-state index contributed by atoms with van der Waals surface area (Å²) in [6, 6.07) is 3.09. The number of rotatable bonds is 3. The van der Waals surface area contributed by atoms with Crippen molar-refractivity contribution < 1.29 is 15.3 Å². The summed E-state index contributed by atoms with van der Waals surface area (Å²) in [5, 5.41) is 39.2. The maximum absolute atomic E-state index is 10.0. The van der Waals surface area contributed by atoms with Crippen LogP contribution in [0.15, 0.2) is 27.6 Å². The van der Waals surface area contributed by atoms with Gasteiger partial charge in [-0.05, 0) is 38.1 Å². The summed E-state index contributed by atoms with van der Waals surface area (Å²) in [6.07, 6.45) is 3.47. The number of aromatic hydroxyl groups is 3. The van der Waals surface area contributed by atoms with Gasteiger partial charge in [-0.3, -0.25) is 4.99 Å². The molecule has 0 aliphatic carbocycles. The van der Waals surface area contributed by atoms with Gasteiger partial charge >= 0.3 is 0 Å². The number of nitrogens with zero attached hydrogens (tertiary/aromatic N) is 3. The summed E-state index contributed by atoms with van der Waals surface area (Å²) < 4.78 is 1.80. The van der Waals surface area contributed by atoms with E-state index < -0.39 is 11.5 Å². The van der Waals surface area contributed by atoms with E-state index in [1.807, 2.05) is 0 Å². The Morgan fingerprint density at radius 2 is 1.85 bits per heavy atom. The van der Waals surface area contributed by atoms with Gasteiger partial charge in [-0.25, -0.2) is 4.68 Å². The largest absolute Gasteiger partial charge is 0.504 e. The van der Waals surface area contributed by atoms with Crippen LogP contribution in [0, 0.1) is 0 Å². The average molecular weight is 391 g/mol. The Morgan fingerprint density at radius 1 is 1.15 bits per heavy atom. The van der Waals surface area contributed by atoms with E-state index in [-0.39, 0.29) is 17.2 Å². The van der Waals surface area contributed by atoms with Crippen LogP contribution < -0.4 is 10.1 Å². The predicted octanol–water partition coefficient (Wildman–Crippen LogP) is 2.50. The first-order chi connectivity index (χ1) is 12.8. The van der Waals surface area contributed by atoms with Gasteiger partial charge in [-0.1, -0.05) is 20.8 Å². The highest BCUT2D eigenvalue weighted by molar-refractivity contribution is 7.07. The summed E-state index contributed by atoms with van der Waals surface area (Å²) in [5.74, 6) is -1.32. The third kappa shape index (κ3) is 4.33. The summed E-state index contributed by atoms with van der Waals surface area (Å²) >= 11 is 1.55. The summed E-state index contributed by atoms with van der Waals surface area (Å²) in [5.41, 5.74) is 1.20. The van der Waals surface area contributed by atoms with Crippen LogP contribution in [0.1, 0.15) is 44.9 Å². The van der Waals surface area contributed by atoms with Crippen molar-refractivity contribution in [3.8, 4) is 17.2 Å². The molecule has 1 fully saturated rings. The first kappa shape index (κ1) is 19.4. The molecule has 1 aliphatic rings. The van der Waals surface area contributed by atoms with E-state index >= 15 is 0 Å². The molecule has 2 aromatic rings. The first-order valence-electron chi connectivity index (χ1n) is 9.01. The smallest absolute Gasteiger partial charge is 0.206 e. The summed E-state index contributed by atoms with van der Waals surface area (Å²) in [4.78, 5) is 5.71. The van der Waals surface area contributed by atoms with Gasteiger partial charge < -0.3 is 20.6 Å². The zero-order valence-corrected chi connectivity index (χ0v) is 16.6. The van der Waals surface area contributed by atoms with E-state index in [0.29, 0.717) is 5.56 Å². The van der Waals surface area contributed by atoms with Crippen molar-refractivity contribution in [2.24, 2.45) is 10.1 Å². The Bertz CT molecular complexity index is 903. The number of hydrogen-bond donors (Lipinski definition) is 4. The molecule has 0 unspecified atom stereocenters. The predicted molar refractivity (Wildman–Crippen MR) is 107 cm³/mol. The number of hydrogen-bond acceptors (Lipinski definition) is 7. The van der Waals surface area contributed by atoms with Crippen molar-refractivity contribution in [3.63, 3.8) is 0 Å². The Morgan fingerprint density at radius 3 is 2.52 bits per heavy atom. The van der Waals surface area contributed by atoms with E-state index in [0.717, 1.165) is 36.4 Å². The van der Waals surface area contributed by atoms with Crippen molar-refractivity contribution in [1.82, 2.24) is 9.99 Å². The van der Waals surface area contributed by atoms with E-state index in [9.17, 15) is 15.3 Å². The fraction of sp³-hybridized carbons (Fsp3) is 0.474. The molecule has 1 aromatic carbocycles. The zero-order chi connectivity index (χ0) is 19.6. The Labute approximate surface area is 162 Å². The number of phenols is 3. The van der Waals surface area contributed by atoms with Crippen molar-refractivity contribution in [3.05, 3.63) is 33.6 Å². The van der Waals surface area contributed by atoms with E-state index in [2.05, 4.69) is 36.6 Å². The van der Waals surface area contributed by atoms with Gasteiger partial charge in [0.05, 0.1) is 18.0 Å². The minimum absolute atomic E-state index is 0.130. The molecule has 1 aromatic heterocycles. The van der Waals surface area contributed by atoms with Crippen molar-refractivity contribution >= 4 is 17.6 Å². The molecule has 1 saturated heterocycles. The highest BCUT2D eigenvalue weighted by Crippen LogP contribution is 2.36. The molecule has 7 nitrogen and oxygen atoms in total. The van der Waals surface area contributed by atoms with Gasteiger partial charge in [-0.2, -0.15) is 5.10 Å². The van der Waals surface area contributed by atoms with E-state index in [1.54, 1.807) is 16.0 Å². The molecule has 4 N–H and O–H groups in total. The number of piperidine rings is 1. The molecule has 1 aliphatic heterocycles. The Balaban J connectivity index is 2.03. The van der Waals surface area contributed by atoms with Crippen LogP contribution in [0.25, 0.3) is 0 Å². The summed E-state index contributed by atoms with van der Waals surface area (Å²) in [6.45, 7) is 8.27. The lowest BCUT2D eigenvalue weighted by atomic mass is 9.93. The lowest BCUT2D eigenvalue weighted by molar-refractivity contribution is 0.367. The second kappa shape index (κ2) is 7.74. The molecule has 3 rings (SSSR count). The van der Waals surface area contributed by atoms with Crippen LogP contribution in [0.2, 0.25) is 0 Å². The standard InChI is InChI=1S/C19H26N4O3S/c1-19(2,3)15-11-27-18(22-13-6-8-20-9-7-13)23(15)21-10-12-4-5-14(24)17(26)16(12)25/h4-5,10-11,13,20,24-26H,6-9H2,1-3H3/b21-10+,22-18-. The van der Waals surface area contributed by atoms with Gasteiger partial charge in [0, 0.05) is 16.4 Å². The maximum atomic E-state index is 10.0. The number of phenolic OH excluding ortho intramolecular Hbond substituents is 3. The number of aromatic nitrogens is 1. The van der Waals surface area contributed by atoms with Crippen LogP contribution in [-0.2, 0) is 5.41 Å². The molecule has 8 heteroatoms. The van der Waals surface area contributed by atoms with Crippen LogP contribution in [0.4, 0.5) is 0 Å². The lowest BCUT2D eigenvalue weighted by Crippen LogP contribution is -2.32. The second-order valence-electron chi connectivity index (χ2n) is 7.69. The minimum Gasteiger partial charge on any atom is -0.504 e. The molecular formula is C19H26N4O3S. The van der Waals surface area contributed by atoms with Crippen LogP contribution in [0.3, 0.4) is 0 Å². The molecule has 0 atom stereocenters. The van der Waals surface area contributed by atoms with E-state index in [1.165, 1.54) is 18.3 Å². The molecule has 27 heavy (non-hydrogen) atoms. The molecule has 146 valence electrons. The molecule has 0 bridgehead atoms. The van der Waals surface area contributed by atoms with Gasteiger partial charge in [0.15, 0.2) is 11.5 Å². The second-order valence-corrected chi connectivity index (χ2v) is 8.53. The Hall–Kier alpha value is -2.32. The van der Waals surface area contributed by atoms with Crippen LogP contribution in [0.5, 0.6) is 17.2 Å². The number of thiazole rings is 1. The highest BCUT2D eigenvalue weighted by atomic mass is 32.1. The topological polar surface area (TPSA) is 102 Å². The normalized spacial score (nSPS) is 17.1. The molecule has 0 spiro atoms. The minimum atomic E-state index is -0.551. The lowest BCUT2D eigenvalue weighted by Gasteiger charge is -2.20. The highest BCUT2D eigenvalue weighted by Gasteiger charge is 2.21. The van der Waals surface area contributed by atoms with Crippen molar-refractivity contribution in [1.29, 1.82) is 0 Å². The Kier molecular flexibility index (Phi) is 5.57. The molecule has 0 radical (unpaired) electrons. The SMILES string of the molecule is CC(C)(C)c1cs/c(=N\C2CCNCC2)n1/N=C/c1ccc(O)c(O)c1O. The van der Waals surface area contributed by atoms with Crippen LogP contribution >= 0.6 is 11.3 Å². The third-order valence-electron chi connectivity index (χ3n) is 4.53. The molecule has 0 saturated carbocycles. The zero-order valence-electron chi connectivity index (χ0n) is 15.8. The fourth-order valence-corrected chi connectivity index (χ4v) is 4.03.